The normalized spacial score (nSPS) is 13.2. The standard InChI is InChI=1S/C9H12Cl2S/c1-2-7(5-10)3-8-4-9(11)12-6-8/h4,6-7H,2-3,5H2,1H3. The molecule has 0 spiro atoms. The first-order valence-electron chi connectivity index (χ1n) is 4.05. The molecule has 0 amide bonds. The van der Waals surface area contributed by atoms with Gasteiger partial charge in [0.05, 0.1) is 4.34 Å². The van der Waals surface area contributed by atoms with Gasteiger partial charge >= 0.3 is 0 Å². The van der Waals surface area contributed by atoms with E-state index in [-0.39, 0.29) is 0 Å². The fourth-order valence-electron chi connectivity index (χ4n) is 1.09. The lowest BCUT2D eigenvalue weighted by Crippen LogP contribution is -2.03. The highest BCUT2D eigenvalue weighted by molar-refractivity contribution is 7.14. The Morgan fingerprint density at radius 2 is 2.33 bits per heavy atom. The van der Waals surface area contributed by atoms with Crippen LogP contribution in [0.4, 0.5) is 0 Å². The minimum atomic E-state index is 0.595. The highest BCUT2D eigenvalue weighted by Gasteiger charge is 2.06. The number of thiophene rings is 1. The summed E-state index contributed by atoms with van der Waals surface area (Å²) in [4.78, 5) is 0. The third-order valence-electron chi connectivity index (χ3n) is 1.94. The molecule has 0 nitrogen and oxygen atoms in total. The van der Waals surface area contributed by atoms with Crippen molar-refractivity contribution in [1.29, 1.82) is 0 Å². The smallest absolute Gasteiger partial charge is 0.0931 e. The van der Waals surface area contributed by atoms with Crippen LogP contribution in [0.15, 0.2) is 11.4 Å². The Morgan fingerprint density at radius 3 is 2.75 bits per heavy atom. The molecule has 0 fully saturated rings. The summed E-state index contributed by atoms with van der Waals surface area (Å²) in [5.41, 5.74) is 1.32. The highest BCUT2D eigenvalue weighted by atomic mass is 35.5. The van der Waals surface area contributed by atoms with Gasteiger partial charge in [-0.2, -0.15) is 0 Å². The van der Waals surface area contributed by atoms with Gasteiger partial charge in [0.1, 0.15) is 0 Å². The Kier molecular flexibility index (Phi) is 4.41. The molecule has 12 heavy (non-hydrogen) atoms. The quantitative estimate of drug-likeness (QED) is 0.671. The summed E-state index contributed by atoms with van der Waals surface area (Å²) in [6.45, 7) is 2.17. The van der Waals surface area contributed by atoms with E-state index in [9.17, 15) is 0 Å². The molecular weight excluding hydrogens is 211 g/mol. The van der Waals surface area contributed by atoms with Crippen LogP contribution in [0.1, 0.15) is 18.9 Å². The second kappa shape index (κ2) is 5.11. The molecule has 0 N–H and O–H groups in total. The van der Waals surface area contributed by atoms with E-state index in [1.165, 1.54) is 5.56 Å². The van der Waals surface area contributed by atoms with E-state index in [4.69, 9.17) is 23.2 Å². The molecule has 1 heterocycles. The van der Waals surface area contributed by atoms with Crippen LogP contribution < -0.4 is 0 Å². The van der Waals surface area contributed by atoms with Gasteiger partial charge in [-0.15, -0.1) is 22.9 Å². The van der Waals surface area contributed by atoms with Crippen molar-refractivity contribution in [3.8, 4) is 0 Å². The maximum absolute atomic E-state index is 5.82. The molecule has 1 aromatic heterocycles. The van der Waals surface area contributed by atoms with E-state index >= 15 is 0 Å². The number of halogens is 2. The van der Waals surface area contributed by atoms with Gasteiger partial charge in [0.25, 0.3) is 0 Å². The van der Waals surface area contributed by atoms with Gasteiger partial charge in [0.15, 0.2) is 0 Å². The molecule has 1 unspecified atom stereocenters. The highest BCUT2D eigenvalue weighted by Crippen LogP contribution is 2.23. The van der Waals surface area contributed by atoms with Crippen molar-refractivity contribution < 1.29 is 0 Å². The lowest BCUT2D eigenvalue weighted by atomic mass is 10.0. The van der Waals surface area contributed by atoms with Crippen molar-refractivity contribution in [2.24, 2.45) is 5.92 Å². The van der Waals surface area contributed by atoms with Crippen LogP contribution in [0.3, 0.4) is 0 Å². The van der Waals surface area contributed by atoms with E-state index in [1.807, 2.05) is 6.07 Å². The van der Waals surface area contributed by atoms with E-state index in [1.54, 1.807) is 11.3 Å². The third-order valence-corrected chi connectivity index (χ3v) is 3.52. The molecule has 1 rings (SSSR count). The van der Waals surface area contributed by atoms with Crippen LogP contribution >= 0.6 is 34.5 Å². The van der Waals surface area contributed by atoms with Gasteiger partial charge in [-0.1, -0.05) is 24.9 Å². The fourth-order valence-corrected chi connectivity index (χ4v) is 2.34. The van der Waals surface area contributed by atoms with Crippen LogP contribution in [0.2, 0.25) is 4.34 Å². The minimum Gasteiger partial charge on any atom is -0.132 e. The lowest BCUT2D eigenvalue weighted by molar-refractivity contribution is 0.567. The molecule has 3 heteroatoms. The third kappa shape index (κ3) is 2.96. The first-order valence-corrected chi connectivity index (χ1v) is 5.84. The number of alkyl halides is 1. The molecular formula is C9H12Cl2S. The second-order valence-corrected chi connectivity index (χ2v) is 4.74. The zero-order valence-corrected chi connectivity index (χ0v) is 9.35. The van der Waals surface area contributed by atoms with Gasteiger partial charge < -0.3 is 0 Å². The molecule has 1 aromatic rings. The van der Waals surface area contributed by atoms with Crippen LogP contribution in [-0.4, -0.2) is 5.88 Å². The summed E-state index contributed by atoms with van der Waals surface area (Å²) in [7, 11) is 0. The largest absolute Gasteiger partial charge is 0.132 e. The Labute approximate surface area is 87.5 Å². The molecule has 0 aliphatic heterocycles. The first-order chi connectivity index (χ1) is 5.76. The molecule has 68 valence electrons. The summed E-state index contributed by atoms with van der Waals surface area (Å²) in [6.07, 6.45) is 2.19. The Balaban J connectivity index is 2.50. The van der Waals surface area contributed by atoms with E-state index < -0.39 is 0 Å². The number of hydrogen-bond acceptors (Lipinski definition) is 1. The van der Waals surface area contributed by atoms with Crippen LogP contribution in [0.25, 0.3) is 0 Å². The summed E-state index contributed by atoms with van der Waals surface area (Å²) in [5.74, 6) is 1.33. The van der Waals surface area contributed by atoms with Crippen molar-refractivity contribution in [3.05, 3.63) is 21.3 Å². The van der Waals surface area contributed by atoms with Crippen molar-refractivity contribution in [3.63, 3.8) is 0 Å². The van der Waals surface area contributed by atoms with Crippen LogP contribution in [-0.2, 0) is 6.42 Å². The molecule has 0 saturated heterocycles. The number of rotatable bonds is 4. The van der Waals surface area contributed by atoms with Crippen molar-refractivity contribution in [1.82, 2.24) is 0 Å². The van der Waals surface area contributed by atoms with Gasteiger partial charge in [-0.05, 0) is 29.3 Å². The van der Waals surface area contributed by atoms with Gasteiger partial charge in [-0.3, -0.25) is 0 Å². The van der Waals surface area contributed by atoms with Crippen LogP contribution in [0.5, 0.6) is 0 Å². The Morgan fingerprint density at radius 1 is 1.58 bits per heavy atom. The van der Waals surface area contributed by atoms with Gasteiger partial charge in [0, 0.05) is 5.88 Å². The van der Waals surface area contributed by atoms with Crippen molar-refractivity contribution in [2.75, 3.05) is 5.88 Å². The van der Waals surface area contributed by atoms with E-state index in [2.05, 4.69) is 12.3 Å². The van der Waals surface area contributed by atoms with Gasteiger partial charge in [-0.25, -0.2) is 0 Å². The maximum Gasteiger partial charge on any atom is 0.0931 e. The molecule has 0 bridgehead atoms. The Bertz CT molecular complexity index is 228. The summed E-state index contributed by atoms with van der Waals surface area (Å²) >= 11 is 13.2. The topological polar surface area (TPSA) is 0 Å². The predicted octanol–water partition coefficient (Wildman–Crippen LogP) is 4.21. The summed E-state index contributed by atoms with van der Waals surface area (Å²) in [6, 6.07) is 2.03. The Hall–Kier alpha value is 0.280. The zero-order chi connectivity index (χ0) is 8.97. The average molecular weight is 223 g/mol. The molecule has 0 saturated carbocycles. The maximum atomic E-state index is 5.82. The second-order valence-electron chi connectivity index (χ2n) is 2.89. The van der Waals surface area contributed by atoms with Crippen molar-refractivity contribution >= 4 is 34.5 Å². The summed E-state index contributed by atoms with van der Waals surface area (Å²) < 4.78 is 0.870. The van der Waals surface area contributed by atoms with E-state index in [0.717, 1.165) is 23.1 Å². The zero-order valence-electron chi connectivity index (χ0n) is 7.02. The molecule has 0 radical (unpaired) electrons. The van der Waals surface area contributed by atoms with Crippen molar-refractivity contribution in [2.45, 2.75) is 19.8 Å². The average Bonchev–Trinajstić information content (AvgIpc) is 2.47. The monoisotopic (exact) mass is 222 g/mol. The van der Waals surface area contributed by atoms with Crippen LogP contribution in [0, 0.1) is 5.92 Å². The van der Waals surface area contributed by atoms with E-state index in [0.29, 0.717) is 5.92 Å². The summed E-state index contributed by atoms with van der Waals surface area (Å²) in [5, 5.41) is 2.11. The van der Waals surface area contributed by atoms with Gasteiger partial charge in [0.2, 0.25) is 0 Å². The fraction of sp³-hybridized carbons (Fsp3) is 0.556. The number of hydrogen-bond donors (Lipinski definition) is 0. The SMILES string of the molecule is CCC(CCl)Cc1csc(Cl)c1. The first kappa shape index (κ1) is 10.4. The molecule has 1 atom stereocenters. The lowest BCUT2D eigenvalue weighted by Gasteiger charge is -2.08. The minimum absolute atomic E-state index is 0.595. The predicted molar refractivity (Wildman–Crippen MR) is 57.5 cm³/mol. The molecule has 0 aliphatic rings. The molecule has 0 aliphatic carbocycles. The molecule has 0 aromatic carbocycles.